The van der Waals surface area contributed by atoms with Crippen LogP contribution in [0.1, 0.15) is 71.8 Å². The maximum absolute atomic E-state index is 11.9. The molecular weight excluding hydrogens is 372 g/mol. The number of aryl methyl sites for hydroxylation is 1. The first-order valence-electron chi connectivity index (χ1n) is 10.5. The minimum atomic E-state index is -1.04. The number of rotatable bonds is 14. The van der Waals surface area contributed by atoms with Gasteiger partial charge in [0.25, 0.3) is 0 Å². The number of carbonyl (C=O) groups excluding carboxylic acids is 1. The number of ketones is 1. The van der Waals surface area contributed by atoms with Gasteiger partial charge in [-0.25, -0.2) is 0 Å². The standard InChI is InChI=1S/C24H37ClO3/c1-18(10-6-12-20(3)16-23(26)24(27)21(4)25)8-5-9-19(2)11-7-13-22-14-15-28-17-22/h5,8-9,14-15,17-18,20-21,24,27H,6-7,10-13,16H2,1-4H3. The third-order valence-corrected chi connectivity index (χ3v) is 5.35. The largest absolute Gasteiger partial charge is 0.472 e. The molecule has 4 unspecified atom stereocenters. The number of allylic oxidation sites excluding steroid dienone is 4. The zero-order valence-corrected chi connectivity index (χ0v) is 18.6. The van der Waals surface area contributed by atoms with E-state index in [0.717, 1.165) is 38.5 Å². The van der Waals surface area contributed by atoms with Gasteiger partial charge in [-0.3, -0.25) is 4.79 Å². The highest BCUT2D eigenvalue weighted by molar-refractivity contribution is 6.22. The molecule has 0 aliphatic carbocycles. The average molecular weight is 409 g/mol. The van der Waals surface area contributed by atoms with Gasteiger partial charge in [-0.2, -0.15) is 0 Å². The second kappa shape index (κ2) is 13.8. The zero-order valence-electron chi connectivity index (χ0n) is 17.9. The van der Waals surface area contributed by atoms with Gasteiger partial charge in [0.05, 0.1) is 17.9 Å². The Bertz CT molecular complexity index is 601. The summed E-state index contributed by atoms with van der Waals surface area (Å²) in [4.78, 5) is 11.9. The number of Topliss-reactive ketones (excluding diaryl/α,β-unsaturated/α-hetero) is 1. The van der Waals surface area contributed by atoms with Gasteiger partial charge in [-0.1, -0.05) is 50.5 Å². The number of carbonyl (C=O) groups is 1. The minimum absolute atomic E-state index is 0.142. The number of hydrogen-bond acceptors (Lipinski definition) is 3. The van der Waals surface area contributed by atoms with E-state index in [9.17, 15) is 9.90 Å². The van der Waals surface area contributed by atoms with E-state index in [2.05, 4.69) is 39.0 Å². The molecule has 1 aromatic rings. The molecule has 28 heavy (non-hydrogen) atoms. The number of hydrogen-bond donors (Lipinski definition) is 1. The Morgan fingerprint density at radius 3 is 2.64 bits per heavy atom. The molecule has 1 N–H and O–H groups in total. The van der Waals surface area contributed by atoms with Gasteiger partial charge >= 0.3 is 0 Å². The molecule has 4 heteroatoms. The molecule has 0 saturated carbocycles. The Kier molecular flexibility index (Phi) is 12.2. The van der Waals surface area contributed by atoms with Crippen LogP contribution in [0.3, 0.4) is 0 Å². The molecule has 1 rings (SSSR count). The Balaban J connectivity index is 2.18. The normalized spacial score (nSPS) is 16.9. The van der Waals surface area contributed by atoms with Crippen molar-refractivity contribution in [3.8, 4) is 0 Å². The molecule has 0 radical (unpaired) electrons. The first kappa shape index (κ1) is 24.7. The van der Waals surface area contributed by atoms with Crippen LogP contribution < -0.4 is 0 Å². The maximum atomic E-state index is 11.9. The summed E-state index contributed by atoms with van der Waals surface area (Å²) in [5.41, 5.74) is 2.66. The molecule has 3 nitrogen and oxygen atoms in total. The highest BCUT2D eigenvalue weighted by atomic mass is 35.5. The summed E-state index contributed by atoms with van der Waals surface area (Å²) < 4.78 is 5.09. The summed E-state index contributed by atoms with van der Waals surface area (Å²) in [5.74, 6) is 0.661. The second-order valence-electron chi connectivity index (χ2n) is 8.19. The fraction of sp³-hybridized carbons (Fsp3) is 0.625. The molecule has 0 fully saturated rings. The molecule has 1 heterocycles. The highest BCUT2D eigenvalue weighted by Crippen LogP contribution is 2.18. The van der Waals surface area contributed by atoms with Crippen molar-refractivity contribution in [3.63, 3.8) is 0 Å². The van der Waals surface area contributed by atoms with Gasteiger partial charge in [0, 0.05) is 6.42 Å². The monoisotopic (exact) mass is 408 g/mol. The number of halogens is 1. The van der Waals surface area contributed by atoms with Crippen LogP contribution in [0.2, 0.25) is 0 Å². The highest BCUT2D eigenvalue weighted by Gasteiger charge is 2.21. The van der Waals surface area contributed by atoms with E-state index in [1.807, 2.05) is 12.3 Å². The van der Waals surface area contributed by atoms with Crippen molar-refractivity contribution in [2.45, 2.75) is 84.1 Å². The fourth-order valence-corrected chi connectivity index (χ4v) is 3.35. The molecule has 0 spiro atoms. The van der Waals surface area contributed by atoms with Crippen LogP contribution >= 0.6 is 11.6 Å². The number of aliphatic hydroxyl groups excluding tert-OH is 1. The van der Waals surface area contributed by atoms with Crippen LogP contribution in [0.25, 0.3) is 0 Å². The van der Waals surface area contributed by atoms with Gasteiger partial charge in [-0.15, -0.1) is 11.6 Å². The van der Waals surface area contributed by atoms with Crippen LogP contribution in [0.4, 0.5) is 0 Å². The van der Waals surface area contributed by atoms with Crippen LogP contribution in [0.5, 0.6) is 0 Å². The van der Waals surface area contributed by atoms with Crippen molar-refractivity contribution < 1.29 is 14.3 Å². The van der Waals surface area contributed by atoms with Gasteiger partial charge < -0.3 is 9.52 Å². The van der Waals surface area contributed by atoms with Crippen LogP contribution in [0, 0.1) is 11.8 Å². The van der Waals surface area contributed by atoms with E-state index in [1.54, 1.807) is 13.2 Å². The maximum Gasteiger partial charge on any atom is 0.163 e. The molecule has 0 aliphatic heterocycles. The molecular formula is C24H37ClO3. The predicted molar refractivity (Wildman–Crippen MR) is 118 cm³/mol. The van der Waals surface area contributed by atoms with Gasteiger partial charge in [0.15, 0.2) is 5.78 Å². The Hall–Kier alpha value is -1.32. The number of alkyl halides is 1. The quantitative estimate of drug-likeness (QED) is 0.282. The SMILES string of the molecule is CC(=CC=CC(C)CCCC(C)CC(=O)C(O)C(C)Cl)CCCc1ccoc1. The molecule has 0 bridgehead atoms. The Morgan fingerprint density at radius 1 is 1.25 bits per heavy atom. The summed E-state index contributed by atoms with van der Waals surface area (Å²) in [5, 5.41) is 9.18. The van der Waals surface area contributed by atoms with Gasteiger partial charge in [0.1, 0.15) is 6.10 Å². The lowest BCUT2D eigenvalue weighted by atomic mass is 9.93. The summed E-state index contributed by atoms with van der Waals surface area (Å²) in [6.45, 7) is 8.13. The first-order valence-corrected chi connectivity index (χ1v) is 10.9. The fourth-order valence-electron chi connectivity index (χ4n) is 3.21. The molecule has 1 aromatic heterocycles. The van der Waals surface area contributed by atoms with E-state index < -0.39 is 11.5 Å². The summed E-state index contributed by atoms with van der Waals surface area (Å²) in [6.07, 6.45) is 16.0. The topological polar surface area (TPSA) is 50.4 Å². The van der Waals surface area contributed by atoms with Crippen LogP contribution in [-0.2, 0) is 11.2 Å². The number of aliphatic hydroxyl groups is 1. The molecule has 158 valence electrons. The first-order chi connectivity index (χ1) is 13.3. The van der Waals surface area contributed by atoms with Crippen molar-refractivity contribution in [1.82, 2.24) is 0 Å². The third-order valence-electron chi connectivity index (χ3n) is 5.11. The van der Waals surface area contributed by atoms with Crippen molar-refractivity contribution in [2.24, 2.45) is 11.8 Å². The lowest BCUT2D eigenvalue weighted by Crippen LogP contribution is -2.29. The summed E-state index contributed by atoms with van der Waals surface area (Å²) >= 11 is 5.79. The molecule has 0 saturated heterocycles. The summed E-state index contributed by atoms with van der Waals surface area (Å²) in [7, 11) is 0. The smallest absolute Gasteiger partial charge is 0.163 e. The second-order valence-corrected chi connectivity index (χ2v) is 8.88. The van der Waals surface area contributed by atoms with Crippen LogP contribution in [0.15, 0.2) is 46.8 Å². The Labute approximate surface area is 175 Å². The lowest BCUT2D eigenvalue weighted by Gasteiger charge is -2.16. The minimum Gasteiger partial charge on any atom is -0.472 e. The van der Waals surface area contributed by atoms with Gasteiger partial charge in [-0.05, 0) is 63.0 Å². The van der Waals surface area contributed by atoms with E-state index in [0.29, 0.717) is 12.3 Å². The zero-order chi connectivity index (χ0) is 20.9. The van der Waals surface area contributed by atoms with Crippen LogP contribution in [-0.4, -0.2) is 22.4 Å². The van der Waals surface area contributed by atoms with E-state index in [-0.39, 0.29) is 11.7 Å². The van der Waals surface area contributed by atoms with E-state index in [1.165, 1.54) is 11.1 Å². The summed E-state index contributed by atoms with van der Waals surface area (Å²) in [6, 6.07) is 2.03. The Morgan fingerprint density at radius 2 is 2.00 bits per heavy atom. The van der Waals surface area contributed by atoms with Crippen molar-refractivity contribution in [1.29, 1.82) is 0 Å². The molecule has 0 aliphatic rings. The van der Waals surface area contributed by atoms with Gasteiger partial charge in [0.2, 0.25) is 0 Å². The predicted octanol–water partition coefficient (Wildman–Crippen LogP) is 6.49. The molecule has 4 atom stereocenters. The molecule has 0 aromatic carbocycles. The lowest BCUT2D eigenvalue weighted by molar-refractivity contribution is -0.127. The van der Waals surface area contributed by atoms with E-state index in [4.69, 9.17) is 16.0 Å². The van der Waals surface area contributed by atoms with E-state index >= 15 is 0 Å². The third kappa shape index (κ3) is 10.9. The molecule has 0 amide bonds. The van der Waals surface area contributed by atoms with Crippen molar-refractivity contribution in [3.05, 3.63) is 48.0 Å². The van der Waals surface area contributed by atoms with Crippen molar-refractivity contribution >= 4 is 17.4 Å². The number of furan rings is 1. The van der Waals surface area contributed by atoms with Crippen molar-refractivity contribution in [2.75, 3.05) is 0 Å². The average Bonchev–Trinajstić information content (AvgIpc) is 3.14.